The fourth-order valence-corrected chi connectivity index (χ4v) is 4.00. The van der Waals surface area contributed by atoms with Crippen LogP contribution in [-0.4, -0.2) is 48.4 Å². The Hall–Kier alpha value is -3.61. The topological polar surface area (TPSA) is 76.4 Å². The maximum Gasteiger partial charge on any atom is 0.417 e. The Kier molecular flexibility index (Phi) is 6.46. The van der Waals surface area contributed by atoms with Gasteiger partial charge in [0.25, 0.3) is 0 Å². The van der Waals surface area contributed by atoms with Crippen molar-refractivity contribution < 1.29 is 27.2 Å². The van der Waals surface area contributed by atoms with Gasteiger partial charge in [-0.2, -0.15) is 18.4 Å². The number of nitrogens with one attached hydrogen (secondary N) is 1. The van der Waals surface area contributed by atoms with Crippen LogP contribution in [0.1, 0.15) is 29.5 Å². The number of amides is 2. The van der Waals surface area contributed by atoms with Gasteiger partial charge < -0.3 is 15.1 Å². The number of nitrogens with zero attached hydrogens (tertiary/aromatic N) is 3. The van der Waals surface area contributed by atoms with Crippen molar-refractivity contribution in [3.63, 3.8) is 0 Å². The van der Waals surface area contributed by atoms with Gasteiger partial charge >= 0.3 is 6.18 Å². The molecule has 34 heavy (non-hydrogen) atoms. The van der Waals surface area contributed by atoms with Gasteiger partial charge in [0, 0.05) is 31.4 Å². The number of carbonyl (C=O) groups excluding carboxylic acids is 2. The minimum Gasteiger partial charge on any atom is -0.367 e. The summed E-state index contributed by atoms with van der Waals surface area (Å²) in [5.41, 5.74) is -0.702. The summed E-state index contributed by atoms with van der Waals surface area (Å²) < 4.78 is 53.5. The molecule has 1 unspecified atom stereocenters. The fraction of sp³-hybridized carbons (Fsp3) is 0.375. The zero-order valence-corrected chi connectivity index (χ0v) is 18.1. The summed E-state index contributed by atoms with van der Waals surface area (Å²) in [7, 11) is 0. The molecule has 6 nitrogen and oxygen atoms in total. The van der Waals surface area contributed by atoms with E-state index in [1.807, 2.05) is 0 Å². The van der Waals surface area contributed by atoms with Gasteiger partial charge in [-0.05, 0) is 48.7 Å². The lowest BCUT2D eigenvalue weighted by Gasteiger charge is -2.42. The average Bonchev–Trinajstić information content (AvgIpc) is 3.63. The van der Waals surface area contributed by atoms with E-state index in [1.54, 1.807) is 11.0 Å². The van der Waals surface area contributed by atoms with Crippen LogP contribution in [0.2, 0.25) is 0 Å². The number of halogens is 4. The van der Waals surface area contributed by atoms with Gasteiger partial charge in [0.1, 0.15) is 11.9 Å². The summed E-state index contributed by atoms with van der Waals surface area (Å²) in [6.45, 7) is 0.354. The third kappa shape index (κ3) is 5.30. The number of alkyl halides is 3. The Bertz CT molecular complexity index is 1120. The Balaban J connectivity index is 1.56. The predicted octanol–water partition coefficient (Wildman–Crippen LogP) is 3.25. The predicted molar refractivity (Wildman–Crippen MR) is 115 cm³/mol. The van der Waals surface area contributed by atoms with E-state index in [2.05, 4.69) is 5.32 Å². The largest absolute Gasteiger partial charge is 0.417 e. The van der Waals surface area contributed by atoms with Crippen LogP contribution < -0.4 is 10.2 Å². The monoisotopic (exact) mass is 474 g/mol. The van der Waals surface area contributed by atoms with Crippen molar-refractivity contribution in [3.05, 3.63) is 65.0 Å². The van der Waals surface area contributed by atoms with Crippen molar-refractivity contribution in [1.82, 2.24) is 10.2 Å². The first-order valence-corrected chi connectivity index (χ1v) is 10.9. The SMILES string of the molecule is N#Cc1ccc(N2CCN(C(=O)Cc3ccc(F)cc3)C(C(=O)NC3CC3)C2)cc1C(F)(F)F. The molecule has 10 heteroatoms. The van der Waals surface area contributed by atoms with Crippen LogP contribution in [0.4, 0.5) is 23.2 Å². The van der Waals surface area contributed by atoms with Crippen LogP contribution in [0.3, 0.4) is 0 Å². The molecule has 2 aromatic carbocycles. The molecule has 0 bridgehead atoms. The van der Waals surface area contributed by atoms with Crippen molar-refractivity contribution in [2.24, 2.45) is 0 Å². The second-order valence-corrected chi connectivity index (χ2v) is 8.47. The number of piperazine rings is 1. The number of hydrogen-bond donors (Lipinski definition) is 1. The minimum atomic E-state index is -4.70. The average molecular weight is 474 g/mol. The van der Waals surface area contributed by atoms with E-state index in [9.17, 15) is 27.2 Å². The lowest BCUT2D eigenvalue weighted by atomic mass is 10.0. The molecule has 0 aromatic heterocycles. The van der Waals surface area contributed by atoms with Crippen LogP contribution in [0.15, 0.2) is 42.5 Å². The van der Waals surface area contributed by atoms with Gasteiger partial charge in [0.15, 0.2) is 0 Å². The molecule has 2 aromatic rings. The summed E-state index contributed by atoms with van der Waals surface area (Å²) in [5, 5.41) is 11.9. The molecule has 1 atom stereocenters. The molecule has 4 rings (SSSR count). The van der Waals surface area contributed by atoms with Gasteiger partial charge in [-0.15, -0.1) is 0 Å². The highest BCUT2D eigenvalue weighted by molar-refractivity contribution is 5.90. The molecule has 1 saturated heterocycles. The number of anilines is 1. The molecule has 0 radical (unpaired) electrons. The summed E-state index contributed by atoms with van der Waals surface area (Å²) in [5.74, 6) is -1.10. The van der Waals surface area contributed by atoms with E-state index in [0.717, 1.165) is 25.0 Å². The van der Waals surface area contributed by atoms with Gasteiger partial charge in [-0.25, -0.2) is 4.39 Å². The van der Waals surface area contributed by atoms with E-state index in [1.165, 1.54) is 35.2 Å². The molecule has 2 amide bonds. The zero-order chi connectivity index (χ0) is 24.5. The highest BCUT2D eigenvalue weighted by Gasteiger charge is 2.39. The lowest BCUT2D eigenvalue weighted by molar-refractivity contribution is -0.140. The first-order valence-electron chi connectivity index (χ1n) is 10.9. The van der Waals surface area contributed by atoms with Crippen molar-refractivity contribution in [2.45, 2.75) is 37.5 Å². The summed E-state index contributed by atoms with van der Waals surface area (Å²) in [6.07, 6.45) is -3.04. The minimum absolute atomic E-state index is 0.0108. The van der Waals surface area contributed by atoms with Gasteiger partial charge in [0.05, 0.1) is 23.6 Å². The smallest absolute Gasteiger partial charge is 0.367 e. The number of hydrogen-bond acceptors (Lipinski definition) is 4. The molecule has 178 valence electrons. The normalized spacial score (nSPS) is 18.4. The lowest BCUT2D eigenvalue weighted by Crippen LogP contribution is -2.61. The van der Waals surface area contributed by atoms with Gasteiger partial charge in [0.2, 0.25) is 11.8 Å². The van der Waals surface area contributed by atoms with E-state index in [-0.39, 0.29) is 49.6 Å². The molecule has 1 heterocycles. The quantitative estimate of drug-likeness (QED) is 0.675. The van der Waals surface area contributed by atoms with E-state index < -0.39 is 29.2 Å². The van der Waals surface area contributed by atoms with Crippen LogP contribution >= 0.6 is 0 Å². The first kappa shape index (κ1) is 23.5. The molecule has 2 fully saturated rings. The van der Waals surface area contributed by atoms with Crippen LogP contribution in [0.5, 0.6) is 0 Å². The van der Waals surface area contributed by atoms with Crippen LogP contribution in [0.25, 0.3) is 0 Å². The van der Waals surface area contributed by atoms with Crippen molar-refractivity contribution >= 4 is 17.5 Å². The number of benzene rings is 2. The molecule has 0 spiro atoms. The zero-order valence-electron chi connectivity index (χ0n) is 18.1. The van der Waals surface area contributed by atoms with E-state index in [0.29, 0.717) is 5.56 Å². The third-order valence-electron chi connectivity index (χ3n) is 5.99. The maximum absolute atomic E-state index is 13.4. The summed E-state index contributed by atoms with van der Waals surface area (Å²) in [4.78, 5) is 29.0. The Morgan fingerprint density at radius 2 is 1.79 bits per heavy atom. The second kappa shape index (κ2) is 9.33. The van der Waals surface area contributed by atoms with Gasteiger partial charge in [-0.3, -0.25) is 9.59 Å². The molecule has 1 N–H and O–H groups in total. The number of rotatable bonds is 5. The Morgan fingerprint density at radius 3 is 2.41 bits per heavy atom. The maximum atomic E-state index is 13.4. The van der Waals surface area contributed by atoms with E-state index >= 15 is 0 Å². The number of carbonyl (C=O) groups is 2. The third-order valence-corrected chi connectivity index (χ3v) is 5.99. The molecule has 1 saturated carbocycles. The molecule has 1 aliphatic carbocycles. The summed E-state index contributed by atoms with van der Waals surface area (Å²) in [6, 6.07) is 9.64. The second-order valence-electron chi connectivity index (χ2n) is 8.47. The standard InChI is InChI=1S/C24H22F4N4O2/c25-17-4-1-15(2-5-17)11-22(33)32-10-9-31(14-21(32)23(34)30-18-6-7-18)19-8-3-16(13-29)20(12-19)24(26,27)28/h1-5,8,12,18,21H,6-7,9-11,14H2,(H,30,34). The Morgan fingerprint density at radius 1 is 1.09 bits per heavy atom. The van der Waals surface area contributed by atoms with E-state index in [4.69, 9.17) is 5.26 Å². The highest BCUT2D eigenvalue weighted by atomic mass is 19.4. The first-order chi connectivity index (χ1) is 16.2. The fourth-order valence-electron chi connectivity index (χ4n) is 4.00. The van der Waals surface area contributed by atoms with Crippen LogP contribution in [-0.2, 0) is 22.2 Å². The van der Waals surface area contributed by atoms with Crippen molar-refractivity contribution in [3.8, 4) is 6.07 Å². The molecule has 2 aliphatic rings. The Labute approximate surface area is 193 Å². The van der Waals surface area contributed by atoms with Gasteiger partial charge in [-0.1, -0.05) is 12.1 Å². The van der Waals surface area contributed by atoms with Crippen molar-refractivity contribution in [2.75, 3.05) is 24.5 Å². The molecule has 1 aliphatic heterocycles. The summed E-state index contributed by atoms with van der Waals surface area (Å²) >= 11 is 0. The molecular formula is C24H22F4N4O2. The van der Waals surface area contributed by atoms with Crippen LogP contribution in [0, 0.1) is 17.1 Å². The molecular weight excluding hydrogens is 452 g/mol. The highest BCUT2D eigenvalue weighted by Crippen LogP contribution is 2.35. The number of nitriles is 1. The van der Waals surface area contributed by atoms with Crippen molar-refractivity contribution in [1.29, 1.82) is 5.26 Å².